The minimum absolute atomic E-state index is 0.0203. The van der Waals surface area contributed by atoms with Gasteiger partial charge in [0.2, 0.25) is 5.91 Å². The number of carbonyl (C=O) groups excluding carboxylic acids is 2. The molecule has 2 amide bonds. The molecule has 0 radical (unpaired) electrons. The molecule has 0 heterocycles. The zero-order chi connectivity index (χ0) is 18.3. The van der Waals surface area contributed by atoms with E-state index in [0.717, 1.165) is 25.9 Å². The summed E-state index contributed by atoms with van der Waals surface area (Å²) in [5.41, 5.74) is -0.162. The SMILES string of the molecule is CCCCOC(C)(C)CCNC(=O)/C=C/C(C)C.CNC(=O)S. The van der Waals surface area contributed by atoms with Crippen molar-refractivity contribution in [3.63, 3.8) is 0 Å². The van der Waals surface area contributed by atoms with E-state index in [0.29, 0.717) is 12.5 Å². The van der Waals surface area contributed by atoms with Crippen LogP contribution in [0.2, 0.25) is 0 Å². The number of thiol groups is 1. The maximum atomic E-state index is 11.5. The lowest BCUT2D eigenvalue weighted by Crippen LogP contribution is -2.32. The number of amides is 2. The molecule has 2 N–H and O–H groups in total. The van der Waals surface area contributed by atoms with Crippen LogP contribution in [-0.2, 0) is 9.53 Å². The molecule has 0 aromatic heterocycles. The smallest absolute Gasteiger partial charge is 0.275 e. The van der Waals surface area contributed by atoms with Gasteiger partial charge in [-0.05, 0) is 38.7 Å². The van der Waals surface area contributed by atoms with Gasteiger partial charge in [0.25, 0.3) is 5.24 Å². The molecule has 0 fully saturated rings. The number of hydrogen-bond acceptors (Lipinski definition) is 3. The van der Waals surface area contributed by atoms with E-state index in [4.69, 9.17) is 4.74 Å². The first-order valence-corrected chi connectivity index (χ1v) is 8.60. The Balaban J connectivity index is 0. The highest BCUT2D eigenvalue weighted by molar-refractivity contribution is 7.96. The minimum atomic E-state index is -0.301. The van der Waals surface area contributed by atoms with Crippen molar-refractivity contribution in [2.75, 3.05) is 20.2 Å². The van der Waals surface area contributed by atoms with Crippen molar-refractivity contribution in [3.8, 4) is 0 Å². The molecule has 0 rings (SSSR count). The van der Waals surface area contributed by atoms with E-state index in [1.807, 2.05) is 6.08 Å². The molecule has 0 atom stereocenters. The third-order valence-electron chi connectivity index (χ3n) is 2.86. The van der Waals surface area contributed by atoms with Crippen molar-refractivity contribution in [2.45, 2.75) is 59.5 Å². The molecule has 0 aromatic rings. The van der Waals surface area contributed by atoms with Crippen molar-refractivity contribution in [3.05, 3.63) is 12.2 Å². The third kappa shape index (κ3) is 21.0. The van der Waals surface area contributed by atoms with E-state index in [1.54, 1.807) is 6.08 Å². The molecule has 0 spiro atoms. The molecule has 23 heavy (non-hydrogen) atoms. The Labute approximate surface area is 147 Å². The van der Waals surface area contributed by atoms with E-state index in [9.17, 15) is 9.59 Å². The summed E-state index contributed by atoms with van der Waals surface area (Å²) in [6.45, 7) is 11.8. The number of hydrogen-bond donors (Lipinski definition) is 3. The van der Waals surface area contributed by atoms with Gasteiger partial charge in [-0.25, -0.2) is 0 Å². The van der Waals surface area contributed by atoms with Gasteiger partial charge in [-0.3, -0.25) is 9.59 Å². The van der Waals surface area contributed by atoms with Crippen LogP contribution in [0.15, 0.2) is 12.2 Å². The maximum Gasteiger partial charge on any atom is 0.275 e. The number of rotatable bonds is 9. The average Bonchev–Trinajstić information content (AvgIpc) is 2.45. The van der Waals surface area contributed by atoms with Crippen molar-refractivity contribution in [1.82, 2.24) is 10.6 Å². The second-order valence-electron chi connectivity index (χ2n) is 6.16. The standard InChI is InChI=1S/C15H29NO2.C2H5NOS/c1-6-7-12-18-15(4,5)10-11-16-14(17)9-8-13(2)3;1-3-2(4)5/h8-9,13H,6-7,10-12H2,1-5H3,(H,16,17);1H3,(H2,3,4,5)/b9-8+;. The predicted molar refractivity (Wildman–Crippen MR) is 100.0 cm³/mol. The summed E-state index contributed by atoms with van der Waals surface area (Å²) in [7, 11) is 1.52. The zero-order valence-corrected chi connectivity index (χ0v) is 16.3. The zero-order valence-electron chi connectivity index (χ0n) is 15.4. The number of allylic oxidation sites excluding steroid dienone is 1. The quantitative estimate of drug-likeness (QED) is 0.340. The van der Waals surface area contributed by atoms with Crippen molar-refractivity contribution < 1.29 is 14.3 Å². The largest absolute Gasteiger partial charge is 0.376 e. The molecule has 5 nitrogen and oxygen atoms in total. The third-order valence-corrected chi connectivity index (χ3v) is 3.09. The summed E-state index contributed by atoms with van der Waals surface area (Å²) >= 11 is 3.35. The maximum absolute atomic E-state index is 11.5. The van der Waals surface area contributed by atoms with E-state index in [2.05, 4.69) is 57.9 Å². The lowest BCUT2D eigenvalue weighted by Gasteiger charge is -2.25. The van der Waals surface area contributed by atoms with Crippen LogP contribution < -0.4 is 10.6 Å². The second kappa shape index (κ2) is 14.6. The molecule has 0 aliphatic rings. The van der Waals surface area contributed by atoms with E-state index in [-0.39, 0.29) is 16.7 Å². The minimum Gasteiger partial charge on any atom is -0.376 e. The Hall–Kier alpha value is -1.01. The monoisotopic (exact) mass is 346 g/mol. The van der Waals surface area contributed by atoms with Crippen LogP contribution in [0.4, 0.5) is 4.79 Å². The Kier molecular flexibility index (Phi) is 15.4. The number of unbranched alkanes of at least 4 members (excludes halogenated alkanes) is 1. The Morgan fingerprint density at radius 3 is 2.30 bits per heavy atom. The van der Waals surface area contributed by atoms with Crippen LogP contribution in [0, 0.1) is 5.92 Å². The molecule has 0 aromatic carbocycles. The molecule has 0 saturated heterocycles. The molecule has 0 unspecified atom stereocenters. The first kappa shape index (κ1) is 24.2. The first-order valence-electron chi connectivity index (χ1n) is 8.15. The highest BCUT2D eigenvalue weighted by Gasteiger charge is 2.17. The van der Waals surface area contributed by atoms with Gasteiger partial charge in [0.1, 0.15) is 0 Å². The van der Waals surface area contributed by atoms with Gasteiger partial charge < -0.3 is 15.4 Å². The fraction of sp³-hybridized carbons (Fsp3) is 0.765. The highest BCUT2D eigenvalue weighted by Crippen LogP contribution is 2.14. The van der Waals surface area contributed by atoms with Crippen molar-refractivity contribution in [1.29, 1.82) is 0 Å². The van der Waals surface area contributed by atoms with Gasteiger partial charge in [0.05, 0.1) is 5.60 Å². The van der Waals surface area contributed by atoms with Crippen molar-refractivity contribution in [2.24, 2.45) is 5.92 Å². The van der Waals surface area contributed by atoms with Crippen LogP contribution in [0.5, 0.6) is 0 Å². The fourth-order valence-corrected chi connectivity index (χ4v) is 1.39. The molecule has 0 saturated carbocycles. The topological polar surface area (TPSA) is 67.4 Å². The number of nitrogens with one attached hydrogen (secondary N) is 2. The van der Waals surface area contributed by atoms with Gasteiger partial charge in [-0.2, -0.15) is 0 Å². The van der Waals surface area contributed by atoms with Crippen LogP contribution in [0.25, 0.3) is 0 Å². The van der Waals surface area contributed by atoms with E-state index >= 15 is 0 Å². The summed E-state index contributed by atoms with van der Waals surface area (Å²) in [6.07, 6.45) is 6.57. The van der Waals surface area contributed by atoms with Crippen LogP contribution in [0.3, 0.4) is 0 Å². The van der Waals surface area contributed by atoms with Crippen molar-refractivity contribution >= 4 is 23.8 Å². The molecule has 0 bridgehead atoms. The molecule has 136 valence electrons. The Morgan fingerprint density at radius 1 is 1.30 bits per heavy atom. The Bertz CT molecular complexity index is 356. The average molecular weight is 347 g/mol. The number of ether oxygens (including phenoxy) is 1. The number of carbonyl (C=O) groups is 2. The summed E-state index contributed by atoms with van der Waals surface area (Å²) in [5.74, 6) is 0.387. The van der Waals surface area contributed by atoms with Crippen LogP contribution in [0.1, 0.15) is 53.9 Å². The highest BCUT2D eigenvalue weighted by atomic mass is 32.1. The van der Waals surface area contributed by atoms with Gasteiger partial charge in [0.15, 0.2) is 0 Å². The summed E-state index contributed by atoms with van der Waals surface area (Å²) < 4.78 is 5.78. The van der Waals surface area contributed by atoms with Gasteiger partial charge in [0, 0.05) is 20.2 Å². The van der Waals surface area contributed by atoms with Crippen LogP contribution in [-0.4, -0.2) is 36.9 Å². The molecule has 0 aliphatic heterocycles. The van der Waals surface area contributed by atoms with E-state index in [1.165, 1.54) is 7.05 Å². The molecule has 6 heteroatoms. The fourth-order valence-electron chi connectivity index (χ4n) is 1.39. The lowest BCUT2D eigenvalue weighted by molar-refractivity contribution is -0.116. The predicted octanol–water partition coefficient (Wildman–Crippen LogP) is 3.56. The van der Waals surface area contributed by atoms with Gasteiger partial charge in [-0.1, -0.05) is 45.9 Å². The normalized spacial score (nSPS) is 11.1. The van der Waals surface area contributed by atoms with Gasteiger partial charge >= 0.3 is 0 Å². The summed E-state index contributed by atoms with van der Waals surface area (Å²) in [4.78, 5) is 21.0. The molecular weight excluding hydrogens is 312 g/mol. The first-order chi connectivity index (χ1) is 10.6. The molecular formula is C17H34N2O3S. The molecule has 0 aliphatic carbocycles. The second-order valence-corrected chi connectivity index (χ2v) is 6.57. The summed E-state index contributed by atoms with van der Waals surface area (Å²) in [5, 5.41) is 4.83. The Morgan fingerprint density at radius 2 is 1.87 bits per heavy atom. The van der Waals surface area contributed by atoms with Crippen LogP contribution >= 0.6 is 12.6 Å². The van der Waals surface area contributed by atoms with Gasteiger partial charge in [-0.15, -0.1) is 0 Å². The summed E-state index contributed by atoms with van der Waals surface area (Å²) in [6, 6.07) is 0. The lowest BCUT2D eigenvalue weighted by atomic mass is 10.1. The van der Waals surface area contributed by atoms with E-state index < -0.39 is 0 Å².